The molecule has 0 aliphatic carbocycles. The summed E-state index contributed by atoms with van der Waals surface area (Å²) in [5.74, 6) is 1.67. The molecule has 0 saturated heterocycles. The van der Waals surface area contributed by atoms with Crippen molar-refractivity contribution >= 4 is 66.1 Å². The third-order valence-corrected chi connectivity index (χ3v) is 13.0. The summed E-state index contributed by atoms with van der Waals surface area (Å²) in [5.41, 5.74) is 9.72. The van der Waals surface area contributed by atoms with Gasteiger partial charge in [-0.1, -0.05) is 157 Å². The summed E-state index contributed by atoms with van der Waals surface area (Å²) in [4.78, 5) is 17.9. The molecule has 6 heteroatoms. The van der Waals surface area contributed by atoms with Crippen LogP contribution in [0.5, 0.6) is 0 Å². The fourth-order valence-corrected chi connectivity index (χ4v) is 10.4. The van der Waals surface area contributed by atoms with Crippen molar-refractivity contribution < 1.29 is 6.85 Å². The van der Waals surface area contributed by atoms with Crippen LogP contribution in [0, 0.1) is 0 Å². The van der Waals surface area contributed by atoms with E-state index >= 15 is 0 Å². The van der Waals surface area contributed by atoms with Crippen molar-refractivity contribution in [3.8, 4) is 56.7 Å². The van der Waals surface area contributed by atoms with Crippen LogP contribution in [0.2, 0.25) is 0 Å². The van der Waals surface area contributed by atoms with E-state index in [-0.39, 0.29) is 29.9 Å². The summed E-state index contributed by atoms with van der Waals surface area (Å²) in [7, 11) is 0. The van der Waals surface area contributed by atoms with Crippen molar-refractivity contribution in [2.75, 3.05) is 0 Å². The second kappa shape index (κ2) is 13.4. The quantitative estimate of drug-likeness (QED) is 0.174. The van der Waals surface area contributed by atoms with Crippen molar-refractivity contribution in [2.45, 2.75) is 9.79 Å². The Hall–Kier alpha value is -7.80. The molecule has 0 amide bonds. The van der Waals surface area contributed by atoms with E-state index in [0.717, 1.165) is 76.1 Å². The smallest absolute Gasteiger partial charge is 0.238 e. The molecule has 61 heavy (non-hydrogen) atoms. The van der Waals surface area contributed by atoms with Crippen molar-refractivity contribution in [3.63, 3.8) is 0 Å². The summed E-state index contributed by atoms with van der Waals surface area (Å²) < 4.78 is 46.9. The lowest BCUT2D eigenvalue weighted by atomic mass is 9.94. The molecule has 12 aromatic rings. The maximum absolute atomic E-state index is 8.88. The van der Waals surface area contributed by atoms with Gasteiger partial charge in [0.25, 0.3) is 0 Å². The van der Waals surface area contributed by atoms with Gasteiger partial charge in [-0.05, 0) is 82.2 Å². The number of benzene rings is 9. The van der Waals surface area contributed by atoms with E-state index in [2.05, 4.69) is 83.4 Å². The van der Waals surface area contributed by atoms with Gasteiger partial charge in [-0.15, -0.1) is 0 Å². The number of nitrogens with zero attached hydrogens (tertiary/aromatic N) is 5. The molecule has 0 radical (unpaired) electrons. The minimum absolute atomic E-state index is 0.123. The summed E-state index contributed by atoms with van der Waals surface area (Å²) in [5, 5.41) is 6.30. The molecule has 9 aromatic carbocycles. The molecule has 0 fully saturated rings. The molecule has 0 spiro atoms. The highest BCUT2D eigenvalue weighted by Gasteiger charge is 2.26. The van der Waals surface area contributed by atoms with E-state index in [1.165, 1.54) is 21.4 Å². The summed E-state index contributed by atoms with van der Waals surface area (Å²) in [6.45, 7) is 0. The number of para-hydroxylation sites is 2. The van der Waals surface area contributed by atoms with Gasteiger partial charge in [-0.2, -0.15) is 9.97 Å². The number of aromatic nitrogens is 5. The van der Waals surface area contributed by atoms with Crippen LogP contribution in [-0.2, 0) is 0 Å². The standard InChI is InChI=1S/C55H33N5S/c1-4-15-34(16-5-1)53-56-54(35-17-6-2-7-18-35)58-55(57-53)60-47-30-28-37(36-27-29-46-43(31-36)39-21-10-12-25-45(39)59(46)38-19-8-3-9-20-38)32-44(47)51-42-24-14-23-41-40-22-11-13-26-49(40)61-50(52(41)42)33-48(51)60/h1-33H/i3D,8D,9D,19D,20D. The SMILES string of the molecule is [2H]c1c([2H])c([2H])c(-n2c3ccccc3c3cc(-c4ccc5c(c4)c4c6cccc7c6c(cc4n5-c4nc(-c5ccccc5)nc(-c5ccccc5)n4)Sc4ccccc4-7)ccc32)c([2H])c1[2H]. The van der Waals surface area contributed by atoms with Gasteiger partial charge in [0.15, 0.2) is 11.6 Å². The van der Waals surface area contributed by atoms with E-state index in [4.69, 9.17) is 21.8 Å². The van der Waals surface area contributed by atoms with Crippen molar-refractivity contribution in [3.05, 3.63) is 200 Å². The van der Waals surface area contributed by atoms with Gasteiger partial charge >= 0.3 is 0 Å². The first kappa shape index (κ1) is 29.4. The summed E-state index contributed by atoms with van der Waals surface area (Å²) in [6.07, 6.45) is 0. The Balaban J connectivity index is 1.09. The number of hydrogen-bond acceptors (Lipinski definition) is 4. The minimum Gasteiger partial charge on any atom is -0.309 e. The maximum Gasteiger partial charge on any atom is 0.238 e. The predicted octanol–water partition coefficient (Wildman–Crippen LogP) is 14.4. The minimum atomic E-state index is -0.418. The van der Waals surface area contributed by atoms with Crippen LogP contribution in [0.1, 0.15) is 6.85 Å². The molecular weight excluding hydrogens is 763 g/mol. The highest BCUT2D eigenvalue weighted by molar-refractivity contribution is 7.99. The van der Waals surface area contributed by atoms with Crippen LogP contribution in [0.15, 0.2) is 210 Å². The first-order valence-electron chi connectivity index (χ1n) is 22.6. The van der Waals surface area contributed by atoms with E-state index in [0.29, 0.717) is 17.6 Å². The molecule has 0 saturated carbocycles. The Morgan fingerprint density at radius 3 is 1.75 bits per heavy atom. The van der Waals surface area contributed by atoms with Crippen LogP contribution in [0.25, 0.3) is 111 Å². The predicted molar refractivity (Wildman–Crippen MR) is 252 cm³/mol. The van der Waals surface area contributed by atoms with E-state index in [9.17, 15) is 0 Å². The first-order valence-corrected chi connectivity index (χ1v) is 20.9. The fourth-order valence-electron chi connectivity index (χ4n) is 9.20. The lowest BCUT2D eigenvalue weighted by molar-refractivity contribution is 0.953. The average Bonchev–Trinajstić information content (AvgIpc) is 3.87. The number of fused-ring (bicyclic) bond motifs is 9. The Morgan fingerprint density at radius 1 is 0.393 bits per heavy atom. The molecule has 4 heterocycles. The van der Waals surface area contributed by atoms with E-state index < -0.39 is 6.04 Å². The van der Waals surface area contributed by atoms with E-state index in [1.807, 2.05) is 91.0 Å². The summed E-state index contributed by atoms with van der Waals surface area (Å²) in [6, 6.07) is 56.5. The van der Waals surface area contributed by atoms with Crippen LogP contribution in [-0.4, -0.2) is 24.1 Å². The second-order valence-electron chi connectivity index (χ2n) is 15.2. The van der Waals surface area contributed by atoms with Crippen LogP contribution < -0.4 is 0 Å². The molecule has 284 valence electrons. The molecule has 3 aromatic heterocycles. The molecule has 0 bridgehead atoms. The number of hydrogen-bond donors (Lipinski definition) is 0. The highest BCUT2D eigenvalue weighted by Crippen LogP contribution is 2.51. The van der Waals surface area contributed by atoms with Crippen molar-refractivity contribution in [2.24, 2.45) is 0 Å². The zero-order chi connectivity index (χ0) is 44.4. The van der Waals surface area contributed by atoms with Gasteiger partial charge in [0, 0.05) is 53.5 Å². The van der Waals surface area contributed by atoms with Crippen molar-refractivity contribution in [1.29, 1.82) is 0 Å². The zero-order valence-electron chi connectivity index (χ0n) is 37.3. The monoisotopic (exact) mass is 800 g/mol. The van der Waals surface area contributed by atoms with Crippen LogP contribution in [0.4, 0.5) is 0 Å². The van der Waals surface area contributed by atoms with Crippen LogP contribution >= 0.6 is 11.8 Å². The molecular formula is C55H33N5S. The second-order valence-corrected chi connectivity index (χ2v) is 16.3. The van der Waals surface area contributed by atoms with Gasteiger partial charge < -0.3 is 4.57 Å². The molecule has 0 unspecified atom stereocenters. The Kier molecular flexibility index (Phi) is 6.44. The van der Waals surface area contributed by atoms with Gasteiger partial charge in [-0.3, -0.25) is 4.57 Å². The molecule has 13 rings (SSSR count). The average molecular weight is 801 g/mol. The third-order valence-electron chi connectivity index (χ3n) is 11.9. The van der Waals surface area contributed by atoms with Crippen LogP contribution in [0.3, 0.4) is 0 Å². The fraction of sp³-hybridized carbons (Fsp3) is 0. The molecule has 1 aliphatic rings. The number of rotatable bonds is 5. The largest absolute Gasteiger partial charge is 0.309 e. The van der Waals surface area contributed by atoms with Gasteiger partial charge in [0.05, 0.1) is 28.9 Å². The Labute approximate surface area is 362 Å². The zero-order valence-corrected chi connectivity index (χ0v) is 33.1. The third kappa shape index (κ3) is 5.26. The van der Waals surface area contributed by atoms with Crippen molar-refractivity contribution in [1.82, 2.24) is 24.1 Å². The highest BCUT2D eigenvalue weighted by atomic mass is 32.2. The van der Waals surface area contributed by atoms with E-state index in [1.54, 1.807) is 16.3 Å². The summed E-state index contributed by atoms with van der Waals surface area (Å²) >= 11 is 1.79. The van der Waals surface area contributed by atoms with Gasteiger partial charge in [-0.25, -0.2) is 4.98 Å². The van der Waals surface area contributed by atoms with Gasteiger partial charge in [0.2, 0.25) is 5.95 Å². The molecule has 1 aliphatic heterocycles. The Bertz CT molecular complexity index is 3950. The Morgan fingerprint density at radius 2 is 1.00 bits per heavy atom. The van der Waals surface area contributed by atoms with Gasteiger partial charge in [0.1, 0.15) is 0 Å². The topological polar surface area (TPSA) is 48.5 Å². The lowest BCUT2D eigenvalue weighted by Gasteiger charge is -2.21. The molecule has 0 atom stereocenters. The molecule has 0 N–H and O–H groups in total. The normalized spacial score (nSPS) is 13.3. The molecule has 5 nitrogen and oxygen atoms in total. The lowest BCUT2D eigenvalue weighted by Crippen LogP contribution is -2.06. The maximum atomic E-state index is 8.88. The first-order chi connectivity index (χ1) is 32.3.